The average Bonchev–Trinajstić information content (AvgIpc) is 2.29. The summed E-state index contributed by atoms with van der Waals surface area (Å²) in [5, 5.41) is 0. The molecule has 1 aromatic carbocycles. The van der Waals surface area contributed by atoms with Gasteiger partial charge in [-0.2, -0.15) is 0 Å². The van der Waals surface area contributed by atoms with Crippen molar-refractivity contribution in [1.82, 2.24) is 0 Å². The van der Waals surface area contributed by atoms with Crippen LogP contribution in [0.4, 0.5) is 0 Å². The summed E-state index contributed by atoms with van der Waals surface area (Å²) in [6.07, 6.45) is 4.95. The fraction of sp³-hybridized carbons (Fsp3) is 0.538. The lowest BCUT2D eigenvalue weighted by Gasteiger charge is -2.28. The highest BCUT2D eigenvalue weighted by atomic mass is 16.5. The molecule has 82 valence electrons. The van der Waals surface area contributed by atoms with Crippen LogP contribution in [0.5, 0.6) is 5.75 Å². The molecule has 15 heavy (non-hydrogen) atoms. The van der Waals surface area contributed by atoms with E-state index in [9.17, 15) is 0 Å². The highest BCUT2D eigenvalue weighted by Crippen LogP contribution is 2.23. The van der Waals surface area contributed by atoms with Gasteiger partial charge in [0.2, 0.25) is 0 Å². The number of hydrogen-bond donors (Lipinski definition) is 1. The molecule has 0 heterocycles. The van der Waals surface area contributed by atoms with Gasteiger partial charge in [0, 0.05) is 12.0 Å². The van der Waals surface area contributed by atoms with Crippen molar-refractivity contribution in [1.29, 1.82) is 0 Å². The molecule has 2 nitrogen and oxygen atoms in total. The quantitative estimate of drug-likeness (QED) is 0.823. The Labute approximate surface area is 91.4 Å². The third-order valence-electron chi connectivity index (χ3n) is 3.18. The summed E-state index contributed by atoms with van der Waals surface area (Å²) in [5.41, 5.74) is 6.06. The second-order valence-corrected chi connectivity index (χ2v) is 4.33. The third kappa shape index (κ3) is 2.96. The van der Waals surface area contributed by atoms with Gasteiger partial charge in [0.25, 0.3) is 0 Å². The van der Waals surface area contributed by atoms with Crippen molar-refractivity contribution >= 4 is 0 Å². The van der Waals surface area contributed by atoms with Gasteiger partial charge in [0.1, 0.15) is 5.75 Å². The molecule has 0 amide bonds. The highest BCUT2D eigenvalue weighted by molar-refractivity contribution is 5.20. The maximum Gasteiger partial charge on any atom is 0.119 e. The van der Waals surface area contributed by atoms with Crippen LogP contribution >= 0.6 is 0 Å². The van der Waals surface area contributed by atoms with E-state index in [-0.39, 0.29) is 0 Å². The Bertz CT molecular complexity index is 286. The Balaban J connectivity index is 1.82. The average molecular weight is 205 g/mol. The largest absolute Gasteiger partial charge is 0.493 e. The van der Waals surface area contributed by atoms with Gasteiger partial charge in [-0.25, -0.2) is 0 Å². The van der Waals surface area contributed by atoms with E-state index in [4.69, 9.17) is 10.5 Å². The topological polar surface area (TPSA) is 35.2 Å². The summed E-state index contributed by atoms with van der Waals surface area (Å²) in [5.74, 6) is 1.49. The molecular formula is C13H19NO. The van der Waals surface area contributed by atoms with Crippen molar-refractivity contribution < 1.29 is 4.74 Å². The van der Waals surface area contributed by atoms with Gasteiger partial charge in [0.05, 0.1) is 6.61 Å². The van der Waals surface area contributed by atoms with Gasteiger partial charge >= 0.3 is 0 Å². The van der Waals surface area contributed by atoms with Crippen LogP contribution in [0.15, 0.2) is 30.3 Å². The maximum absolute atomic E-state index is 6.06. The summed E-state index contributed by atoms with van der Waals surface area (Å²) < 4.78 is 5.74. The number of hydrogen-bond acceptors (Lipinski definition) is 2. The Morgan fingerprint density at radius 3 is 2.60 bits per heavy atom. The fourth-order valence-corrected chi connectivity index (χ4v) is 2.16. The smallest absolute Gasteiger partial charge is 0.119 e. The fourth-order valence-electron chi connectivity index (χ4n) is 2.16. The van der Waals surface area contributed by atoms with Crippen molar-refractivity contribution in [2.24, 2.45) is 11.7 Å². The number of para-hydroxylation sites is 1. The zero-order valence-electron chi connectivity index (χ0n) is 9.06. The molecule has 0 aromatic heterocycles. The molecule has 0 unspecified atom stereocenters. The van der Waals surface area contributed by atoms with E-state index in [0.717, 1.165) is 18.8 Å². The molecule has 1 aliphatic rings. The van der Waals surface area contributed by atoms with Crippen LogP contribution in [0.25, 0.3) is 0 Å². The SMILES string of the molecule is N[C@@H]1CCCC[C@H]1COc1ccccc1. The molecule has 0 aliphatic heterocycles. The lowest BCUT2D eigenvalue weighted by molar-refractivity contribution is 0.188. The number of rotatable bonds is 3. The van der Waals surface area contributed by atoms with Crippen LogP contribution in [-0.2, 0) is 0 Å². The van der Waals surface area contributed by atoms with E-state index in [1.54, 1.807) is 0 Å². The predicted molar refractivity (Wildman–Crippen MR) is 61.9 cm³/mol. The Kier molecular flexibility index (Phi) is 3.62. The first kappa shape index (κ1) is 10.5. The van der Waals surface area contributed by atoms with E-state index in [1.165, 1.54) is 19.3 Å². The van der Waals surface area contributed by atoms with Gasteiger partial charge in [-0.15, -0.1) is 0 Å². The molecule has 0 radical (unpaired) electrons. The predicted octanol–water partition coefficient (Wildman–Crippen LogP) is 2.58. The van der Waals surface area contributed by atoms with E-state index < -0.39 is 0 Å². The second-order valence-electron chi connectivity index (χ2n) is 4.33. The number of nitrogens with two attached hydrogens (primary N) is 1. The molecule has 1 saturated carbocycles. The molecule has 2 N–H and O–H groups in total. The molecule has 1 aliphatic carbocycles. The van der Waals surface area contributed by atoms with Crippen LogP contribution in [0, 0.1) is 5.92 Å². The minimum atomic E-state index is 0.336. The lowest BCUT2D eigenvalue weighted by atomic mass is 9.86. The zero-order chi connectivity index (χ0) is 10.5. The molecule has 1 aromatic rings. The van der Waals surface area contributed by atoms with Gasteiger partial charge in [-0.1, -0.05) is 31.0 Å². The summed E-state index contributed by atoms with van der Waals surface area (Å²) in [4.78, 5) is 0. The van der Waals surface area contributed by atoms with Crippen molar-refractivity contribution in [3.05, 3.63) is 30.3 Å². The minimum absolute atomic E-state index is 0.336. The third-order valence-corrected chi connectivity index (χ3v) is 3.18. The first-order valence-electron chi connectivity index (χ1n) is 5.79. The monoisotopic (exact) mass is 205 g/mol. The highest BCUT2D eigenvalue weighted by Gasteiger charge is 2.22. The number of ether oxygens (including phenoxy) is 1. The minimum Gasteiger partial charge on any atom is -0.493 e. The molecule has 0 bridgehead atoms. The molecule has 0 spiro atoms. The Morgan fingerprint density at radius 2 is 1.87 bits per heavy atom. The standard InChI is InChI=1S/C13H19NO/c14-13-9-5-4-6-11(13)10-15-12-7-2-1-3-8-12/h1-3,7-8,11,13H,4-6,9-10,14H2/t11-,13+/m0/s1. The summed E-state index contributed by atoms with van der Waals surface area (Å²) >= 11 is 0. The van der Waals surface area contributed by atoms with Crippen molar-refractivity contribution in [2.45, 2.75) is 31.7 Å². The molecule has 2 rings (SSSR count). The van der Waals surface area contributed by atoms with E-state index >= 15 is 0 Å². The van der Waals surface area contributed by atoms with E-state index in [2.05, 4.69) is 0 Å². The molecule has 2 atom stereocenters. The first-order chi connectivity index (χ1) is 7.36. The lowest BCUT2D eigenvalue weighted by Crippen LogP contribution is -2.36. The summed E-state index contributed by atoms with van der Waals surface area (Å²) in [6.45, 7) is 0.769. The van der Waals surface area contributed by atoms with Gasteiger partial charge in [-0.05, 0) is 25.0 Å². The van der Waals surface area contributed by atoms with E-state index in [1.807, 2.05) is 30.3 Å². The number of benzene rings is 1. The maximum atomic E-state index is 6.06. The van der Waals surface area contributed by atoms with Gasteiger partial charge in [0.15, 0.2) is 0 Å². The molecule has 0 saturated heterocycles. The van der Waals surface area contributed by atoms with Crippen LogP contribution in [0.2, 0.25) is 0 Å². The molecular weight excluding hydrogens is 186 g/mol. The van der Waals surface area contributed by atoms with E-state index in [0.29, 0.717) is 12.0 Å². The second kappa shape index (κ2) is 5.17. The van der Waals surface area contributed by atoms with Crippen molar-refractivity contribution in [3.63, 3.8) is 0 Å². The van der Waals surface area contributed by atoms with Crippen molar-refractivity contribution in [2.75, 3.05) is 6.61 Å². The zero-order valence-corrected chi connectivity index (χ0v) is 9.06. The van der Waals surface area contributed by atoms with Gasteiger partial charge < -0.3 is 10.5 Å². The van der Waals surface area contributed by atoms with Crippen LogP contribution in [0.1, 0.15) is 25.7 Å². The van der Waals surface area contributed by atoms with Crippen LogP contribution in [0.3, 0.4) is 0 Å². The Morgan fingerprint density at radius 1 is 1.13 bits per heavy atom. The summed E-state index contributed by atoms with van der Waals surface area (Å²) in [7, 11) is 0. The first-order valence-corrected chi connectivity index (χ1v) is 5.79. The Hall–Kier alpha value is -1.02. The van der Waals surface area contributed by atoms with Gasteiger partial charge in [-0.3, -0.25) is 0 Å². The molecule has 1 fully saturated rings. The summed E-state index contributed by atoms with van der Waals surface area (Å²) in [6, 6.07) is 10.3. The normalized spacial score (nSPS) is 26.2. The van der Waals surface area contributed by atoms with Crippen LogP contribution < -0.4 is 10.5 Å². The van der Waals surface area contributed by atoms with Crippen molar-refractivity contribution in [3.8, 4) is 5.75 Å². The van der Waals surface area contributed by atoms with Crippen LogP contribution in [-0.4, -0.2) is 12.6 Å². The molecule has 2 heteroatoms.